The molecule has 0 bridgehead atoms. The third-order valence-corrected chi connectivity index (χ3v) is 2.45. The molecule has 2 heterocycles. The lowest BCUT2D eigenvalue weighted by Crippen LogP contribution is -2.22. The summed E-state index contributed by atoms with van der Waals surface area (Å²) in [7, 11) is 0. The molecule has 0 atom stereocenters. The minimum Gasteiger partial charge on any atom is -0.359 e. The van der Waals surface area contributed by atoms with Crippen molar-refractivity contribution in [3.8, 4) is 0 Å². The van der Waals surface area contributed by atoms with Crippen LogP contribution in [0.2, 0.25) is 0 Å². The molecule has 5 nitrogen and oxygen atoms in total. The first-order chi connectivity index (χ1) is 7.65. The summed E-state index contributed by atoms with van der Waals surface area (Å²) in [6.07, 6.45) is 1.70. The minimum atomic E-state index is -0.181. The highest BCUT2D eigenvalue weighted by Crippen LogP contribution is 2.10. The van der Waals surface area contributed by atoms with Crippen LogP contribution in [0.4, 0.5) is 0 Å². The van der Waals surface area contributed by atoms with Crippen LogP contribution in [-0.4, -0.2) is 16.0 Å². The van der Waals surface area contributed by atoms with Crippen LogP contribution in [0.5, 0.6) is 0 Å². The summed E-state index contributed by atoms with van der Waals surface area (Å²) in [4.78, 5) is 14.5. The molecule has 2 rings (SSSR count). The maximum absolute atomic E-state index is 11.6. The van der Waals surface area contributed by atoms with Gasteiger partial charge in [-0.3, -0.25) is 4.79 Å². The van der Waals surface area contributed by atoms with Gasteiger partial charge >= 0.3 is 0 Å². The van der Waals surface area contributed by atoms with E-state index in [9.17, 15) is 4.79 Å². The quantitative estimate of drug-likeness (QED) is 0.905. The molecule has 2 aromatic rings. The van der Waals surface area contributed by atoms with Gasteiger partial charge in [0.05, 0.1) is 12.2 Å². The highest BCUT2D eigenvalue weighted by atomic mass is 79.9. The minimum absolute atomic E-state index is 0.181. The number of amides is 1. The lowest BCUT2D eigenvalue weighted by Gasteiger charge is -1.99. The van der Waals surface area contributed by atoms with Crippen molar-refractivity contribution < 1.29 is 9.32 Å². The molecule has 0 fully saturated rings. The molecule has 0 radical (unpaired) electrons. The Morgan fingerprint density at radius 1 is 1.62 bits per heavy atom. The predicted molar refractivity (Wildman–Crippen MR) is 60.9 cm³/mol. The van der Waals surface area contributed by atoms with E-state index in [-0.39, 0.29) is 5.91 Å². The van der Waals surface area contributed by atoms with E-state index in [4.69, 9.17) is 4.52 Å². The maximum atomic E-state index is 11.6. The Kier molecular flexibility index (Phi) is 3.09. The maximum Gasteiger partial charge on any atom is 0.268 e. The van der Waals surface area contributed by atoms with Gasteiger partial charge in [0, 0.05) is 16.7 Å². The van der Waals surface area contributed by atoms with Gasteiger partial charge in [-0.05, 0) is 28.9 Å². The monoisotopic (exact) mass is 283 g/mol. The molecule has 2 N–H and O–H groups in total. The van der Waals surface area contributed by atoms with E-state index in [0.29, 0.717) is 18.0 Å². The molecular formula is C10H10BrN3O2. The fraction of sp³-hybridized carbons (Fsp3) is 0.200. The van der Waals surface area contributed by atoms with Gasteiger partial charge in [0.25, 0.3) is 5.91 Å². The summed E-state index contributed by atoms with van der Waals surface area (Å²) in [5.41, 5.74) is 1.30. The van der Waals surface area contributed by atoms with E-state index >= 15 is 0 Å². The third-order valence-electron chi connectivity index (χ3n) is 1.99. The van der Waals surface area contributed by atoms with Crippen molar-refractivity contribution in [3.63, 3.8) is 0 Å². The van der Waals surface area contributed by atoms with Gasteiger partial charge in [-0.15, -0.1) is 0 Å². The summed E-state index contributed by atoms with van der Waals surface area (Å²) >= 11 is 3.26. The van der Waals surface area contributed by atoms with Crippen molar-refractivity contribution in [1.82, 2.24) is 15.5 Å². The molecular weight excluding hydrogens is 274 g/mol. The number of aromatic amines is 1. The number of H-pyrrole nitrogens is 1. The van der Waals surface area contributed by atoms with Crippen molar-refractivity contribution in [2.75, 3.05) is 0 Å². The highest BCUT2D eigenvalue weighted by molar-refractivity contribution is 9.10. The predicted octanol–water partition coefficient (Wildman–Crippen LogP) is 2.00. The number of hydrogen-bond acceptors (Lipinski definition) is 3. The van der Waals surface area contributed by atoms with Crippen LogP contribution in [0, 0.1) is 6.92 Å². The Hall–Kier alpha value is -1.56. The second kappa shape index (κ2) is 4.52. The van der Waals surface area contributed by atoms with E-state index in [1.165, 1.54) is 0 Å². The van der Waals surface area contributed by atoms with Gasteiger partial charge in [-0.2, -0.15) is 0 Å². The summed E-state index contributed by atoms with van der Waals surface area (Å²) in [5.74, 6) is 0.455. The first-order valence-electron chi connectivity index (χ1n) is 4.69. The Bertz CT molecular complexity index is 504. The van der Waals surface area contributed by atoms with Crippen molar-refractivity contribution in [2.24, 2.45) is 0 Å². The number of halogens is 1. The van der Waals surface area contributed by atoms with E-state index in [1.54, 1.807) is 18.3 Å². The number of rotatable bonds is 3. The summed E-state index contributed by atoms with van der Waals surface area (Å²) in [6.45, 7) is 2.16. The second-order valence-electron chi connectivity index (χ2n) is 3.35. The topological polar surface area (TPSA) is 70.9 Å². The highest BCUT2D eigenvalue weighted by Gasteiger charge is 2.08. The molecule has 0 spiro atoms. The molecule has 0 aliphatic carbocycles. The van der Waals surface area contributed by atoms with Gasteiger partial charge in [0.1, 0.15) is 5.69 Å². The second-order valence-corrected chi connectivity index (χ2v) is 4.26. The average Bonchev–Trinajstić information content (AvgIpc) is 2.84. The van der Waals surface area contributed by atoms with Gasteiger partial charge < -0.3 is 14.8 Å². The zero-order chi connectivity index (χ0) is 11.5. The van der Waals surface area contributed by atoms with E-state index in [1.807, 2.05) is 6.92 Å². The molecule has 0 aliphatic heterocycles. The number of aromatic nitrogens is 2. The molecule has 0 aromatic carbocycles. The Morgan fingerprint density at radius 2 is 2.44 bits per heavy atom. The molecule has 0 saturated carbocycles. The van der Waals surface area contributed by atoms with Crippen LogP contribution in [0.1, 0.15) is 21.9 Å². The van der Waals surface area contributed by atoms with E-state index in [0.717, 1.165) is 10.2 Å². The molecule has 2 aromatic heterocycles. The lowest BCUT2D eigenvalue weighted by molar-refractivity contribution is 0.0942. The Labute approximate surface area is 100 Å². The van der Waals surface area contributed by atoms with Crippen LogP contribution in [0.3, 0.4) is 0 Å². The molecule has 6 heteroatoms. The molecule has 16 heavy (non-hydrogen) atoms. The van der Waals surface area contributed by atoms with Crippen LogP contribution in [0.15, 0.2) is 27.3 Å². The SMILES string of the molecule is Cc1cc(CNC(=O)c2cc(Br)c[nH]2)on1. The molecule has 0 aliphatic rings. The molecule has 1 amide bonds. The summed E-state index contributed by atoms with van der Waals surface area (Å²) in [6, 6.07) is 3.49. The zero-order valence-corrected chi connectivity index (χ0v) is 10.2. The number of nitrogens with zero attached hydrogens (tertiary/aromatic N) is 1. The average molecular weight is 284 g/mol. The smallest absolute Gasteiger partial charge is 0.268 e. The number of carbonyl (C=O) groups excluding carboxylic acids is 1. The number of carbonyl (C=O) groups is 1. The van der Waals surface area contributed by atoms with Gasteiger partial charge in [-0.1, -0.05) is 5.16 Å². The van der Waals surface area contributed by atoms with Crippen molar-refractivity contribution >= 4 is 21.8 Å². The van der Waals surface area contributed by atoms with E-state index in [2.05, 4.69) is 31.4 Å². The van der Waals surface area contributed by atoms with Crippen LogP contribution in [-0.2, 0) is 6.54 Å². The van der Waals surface area contributed by atoms with Gasteiger partial charge in [0.15, 0.2) is 5.76 Å². The van der Waals surface area contributed by atoms with Crippen LogP contribution < -0.4 is 5.32 Å². The van der Waals surface area contributed by atoms with Crippen molar-refractivity contribution in [1.29, 1.82) is 0 Å². The molecule has 0 unspecified atom stereocenters. The molecule has 84 valence electrons. The normalized spacial score (nSPS) is 10.4. The molecule has 0 saturated heterocycles. The lowest BCUT2D eigenvalue weighted by atomic mass is 10.3. The van der Waals surface area contributed by atoms with Gasteiger partial charge in [-0.25, -0.2) is 0 Å². The Balaban J connectivity index is 1.93. The number of nitrogens with one attached hydrogen (secondary N) is 2. The Morgan fingerprint density at radius 3 is 3.00 bits per heavy atom. The largest absolute Gasteiger partial charge is 0.359 e. The standard InChI is InChI=1S/C10H10BrN3O2/c1-6-2-8(16-14-6)5-13-10(15)9-3-7(11)4-12-9/h2-4,12H,5H2,1H3,(H,13,15). The fourth-order valence-electron chi connectivity index (χ4n) is 1.26. The van der Waals surface area contributed by atoms with Crippen LogP contribution in [0.25, 0.3) is 0 Å². The summed E-state index contributed by atoms with van der Waals surface area (Å²) in [5, 5.41) is 6.45. The number of hydrogen-bond donors (Lipinski definition) is 2. The first-order valence-corrected chi connectivity index (χ1v) is 5.49. The van der Waals surface area contributed by atoms with E-state index < -0.39 is 0 Å². The first kappa shape index (κ1) is 10.9. The van der Waals surface area contributed by atoms with Crippen molar-refractivity contribution in [3.05, 3.63) is 40.0 Å². The van der Waals surface area contributed by atoms with Gasteiger partial charge in [0.2, 0.25) is 0 Å². The zero-order valence-electron chi connectivity index (χ0n) is 8.58. The summed E-state index contributed by atoms with van der Waals surface area (Å²) < 4.78 is 5.81. The third kappa shape index (κ3) is 2.52. The fourth-order valence-corrected chi connectivity index (χ4v) is 1.60. The van der Waals surface area contributed by atoms with Crippen molar-refractivity contribution in [2.45, 2.75) is 13.5 Å². The number of aryl methyl sites for hydroxylation is 1. The van der Waals surface area contributed by atoms with Crippen LogP contribution >= 0.6 is 15.9 Å².